The lowest BCUT2D eigenvalue weighted by molar-refractivity contribution is 0.0722. The number of fused-ring (bicyclic) bond motifs is 2. The van der Waals surface area contributed by atoms with Crippen LogP contribution in [0.25, 0.3) is 5.78 Å². The van der Waals surface area contributed by atoms with Gasteiger partial charge in [-0.25, -0.2) is 4.98 Å². The molecule has 106 valence electrons. The number of hydrogen-bond donors (Lipinski definition) is 0. The summed E-state index contributed by atoms with van der Waals surface area (Å²) in [5.74, 6) is 0.702. The SMILES string of the molecule is Cc1ccn2c(C(=O)N3CCc4sccc4C3)nnc2n1. The Balaban J connectivity index is 1.68. The van der Waals surface area contributed by atoms with Gasteiger partial charge < -0.3 is 4.90 Å². The van der Waals surface area contributed by atoms with Gasteiger partial charge in [-0.1, -0.05) is 0 Å². The molecule has 0 aromatic carbocycles. The number of thiophene rings is 1. The van der Waals surface area contributed by atoms with E-state index in [0.717, 1.165) is 18.7 Å². The van der Waals surface area contributed by atoms with E-state index >= 15 is 0 Å². The zero-order valence-corrected chi connectivity index (χ0v) is 12.3. The number of rotatable bonds is 1. The molecule has 0 bridgehead atoms. The molecule has 0 N–H and O–H groups in total. The third kappa shape index (κ3) is 2.01. The zero-order valence-electron chi connectivity index (χ0n) is 11.5. The Hall–Kier alpha value is -2.28. The molecular formula is C14H13N5OS. The maximum absolute atomic E-state index is 12.7. The fraction of sp³-hybridized carbons (Fsp3) is 0.286. The van der Waals surface area contributed by atoms with Crippen LogP contribution < -0.4 is 0 Å². The fourth-order valence-corrected chi connectivity index (χ4v) is 3.47. The van der Waals surface area contributed by atoms with Gasteiger partial charge in [0.1, 0.15) is 0 Å². The van der Waals surface area contributed by atoms with E-state index in [2.05, 4.69) is 26.6 Å². The molecular weight excluding hydrogens is 286 g/mol. The molecule has 0 aliphatic carbocycles. The minimum absolute atomic E-state index is 0.0926. The first-order valence-electron chi connectivity index (χ1n) is 6.75. The van der Waals surface area contributed by atoms with Crippen molar-refractivity contribution in [1.82, 2.24) is 24.5 Å². The van der Waals surface area contributed by atoms with E-state index in [1.807, 2.05) is 17.9 Å². The normalized spacial score (nSPS) is 14.4. The van der Waals surface area contributed by atoms with Crippen molar-refractivity contribution in [1.29, 1.82) is 0 Å². The number of carbonyl (C=O) groups is 1. The van der Waals surface area contributed by atoms with Crippen molar-refractivity contribution in [3.8, 4) is 0 Å². The molecule has 1 aliphatic heterocycles. The van der Waals surface area contributed by atoms with Gasteiger partial charge in [0.05, 0.1) is 0 Å². The molecule has 7 heteroatoms. The lowest BCUT2D eigenvalue weighted by atomic mass is 10.1. The molecule has 0 fully saturated rings. The first kappa shape index (κ1) is 12.5. The highest BCUT2D eigenvalue weighted by Gasteiger charge is 2.26. The minimum atomic E-state index is -0.0926. The van der Waals surface area contributed by atoms with Crippen LogP contribution in [0.5, 0.6) is 0 Å². The number of carbonyl (C=O) groups excluding carboxylic acids is 1. The average Bonchev–Trinajstić information content (AvgIpc) is 3.11. The Labute approximate surface area is 125 Å². The van der Waals surface area contributed by atoms with Crippen LogP contribution >= 0.6 is 11.3 Å². The molecule has 0 radical (unpaired) electrons. The van der Waals surface area contributed by atoms with Gasteiger partial charge in [0.15, 0.2) is 0 Å². The average molecular weight is 299 g/mol. The largest absolute Gasteiger partial charge is 0.331 e. The lowest BCUT2D eigenvalue weighted by Gasteiger charge is -2.26. The van der Waals surface area contributed by atoms with Crippen LogP contribution in [0.3, 0.4) is 0 Å². The fourth-order valence-electron chi connectivity index (χ4n) is 2.58. The highest BCUT2D eigenvalue weighted by Crippen LogP contribution is 2.24. The van der Waals surface area contributed by atoms with E-state index < -0.39 is 0 Å². The molecule has 3 aromatic heterocycles. The Morgan fingerprint density at radius 3 is 3.14 bits per heavy atom. The van der Waals surface area contributed by atoms with Crippen LogP contribution in [0.4, 0.5) is 0 Å². The third-order valence-corrected chi connectivity index (χ3v) is 4.73. The topological polar surface area (TPSA) is 63.4 Å². The zero-order chi connectivity index (χ0) is 14.4. The van der Waals surface area contributed by atoms with Crippen molar-refractivity contribution in [2.45, 2.75) is 19.9 Å². The van der Waals surface area contributed by atoms with E-state index in [1.54, 1.807) is 21.9 Å². The second-order valence-corrected chi connectivity index (χ2v) is 6.11. The summed E-state index contributed by atoms with van der Waals surface area (Å²) in [6, 6.07) is 3.94. The van der Waals surface area contributed by atoms with Gasteiger partial charge in [-0.05, 0) is 36.4 Å². The number of amides is 1. The summed E-state index contributed by atoms with van der Waals surface area (Å²) in [6.45, 7) is 3.26. The van der Waals surface area contributed by atoms with E-state index in [0.29, 0.717) is 18.1 Å². The maximum atomic E-state index is 12.7. The molecule has 0 saturated carbocycles. The lowest BCUT2D eigenvalue weighted by Crippen LogP contribution is -2.36. The monoisotopic (exact) mass is 299 g/mol. The van der Waals surface area contributed by atoms with Crippen LogP contribution in [0.2, 0.25) is 0 Å². The Morgan fingerprint density at radius 2 is 2.24 bits per heavy atom. The Bertz CT molecular complexity index is 837. The number of aryl methyl sites for hydroxylation is 1. The van der Waals surface area contributed by atoms with Gasteiger partial charge in [-0.2, -0.15) is 0 Å². The van der Waals surface area contributed by atoms with E-state index in [4.69, 9.17) is 0 Å². The molecule has 6 nitrogen and oxygen atoms in total. The summed E-state index contributed by atoms with van der Waals surface area (Å²) in [4.78, 5) is 20.1. The third-order valence-electron chi connectivity index (χ3n) is 3.71. The standard InChI is InChI=1S/C14H13N5OS/c1-9-2-6-19-12(16-17-14(19)15-9)13(20)18-5-3-11-10(8-18)4-7-21-11/h2,4,6-7H,3,5,8H2,1H3. The van der Waals surface area contributed by atoms with Gasteiger partial charge in [-0.3, -0.25) is 9.20 Å². The molecule has 21 heavy (non-hydrogen) atoms. The molecule has 4 heterocycles. The summed E-state index contributed by atoms with van der Waals surface area (Å²) < 4.78 is 1.65. The molecule has 4 rings (SSSR count). The molecule has 0 atom stereocenters. The van der Waals surface area contributed by atoms with E-state index in [9.17, 15) is 4.79 Å². The molecule has 1 amide bonds. The van der Waals surface area contributed by atoms with Crippen LogP contribution in [0, 0.1) is 6.92 Å². The van der Waals surface area contributed by atoms with E-state index in [-0.39, 0.29) is 5.91 Å². The summed E-state index contributed by atoms with van der Waals surface area (Å²) in [5, 5.41) is 10.1. The van der Waals surface area contributed by atoms with Crippen molar-refractivity contribution in [2.24, 2.45) is 0 Å². The molecule has 3 aromatic rings. The molecule has 0 unspecified atom stereocenters. The summed E-state index contributed by atoms with van der Waals surface area (Å²) in [7, 11) is 0. The molecule has 0 spiro atoms. The van der Waals surface area contributed by atoms with Gasteiger partial charge in [0.25, 0.3) is 11.7 Å². The van der Waals surface area contributed by atoms with Gasteiger partial charge in [-0.15, -0.1) is 21.5 Å². The predicted octanol–water partition coefficient (Wildman–Crippen LogP) is 1.69. The van der Waals surface area contributed by atoms with Crippen molar-refractivity contribution in [3.63, 3.8) is 0 Å². The molecule has 1 aliphatic rings. The summed E-state index contributed by atoms with van der Waals surface area (Å²) >= 11 is 1.76. The second kappa shape index (κ2) is 4.63. The van der Waals surface area contributed by atoms with Crippen molar-refractivity contribution < 1.29 is 4.79 Å². The Kier molecular flexibility index (Phi) is 2.75. The van der Waals surface area contributed by atoms with Crippen LogP contribution in [-0.2, 0) is 13.0 Å². The van der Waals surface area contributed by atoms with Gasteiger partial charge in [0, 0.05) is 29.9 Å². The highest BCUT2D eigenvalue weighted by atomic mass is 32.1. The summed E-state index contributed by atoms with van der Waals surface area (Å²) in [6.07, 6.45) is 2.71. The highest BCUT2D eigenvalue weighted by molar-refractivity contribution is 7.10. The Morgan fingerprint density at radius 1 is 1.33 bits per heavy atom. The van der Waals surface area contributed by atoms with Gasteiger partial charge >= 0.3 is 0 Å². The smallest absolute Gasteiger partial charge is 0.292 e. The first-order chi connectivity index (χ1) is 10.2. The van der Waals surface area contributed by atoms with E-state index in [1.165, 1.54) is 10.4 Å². The maximum Gasteiger partial charge on any atom is 0.292 e. The second-order valence-electron chi connectivity index (χ2n) is 5.11. The summed E-state index contributed by atoms with van der Waals surface area (Å²) in [5.41, 5.74) is 2.09. The molecule has 0 saturated heterocycles. The number of hydrogen-bond acceptors (Lipinski definition) is 5. The minimum Gasteiger partial charge on any atom is -0.331 e. The van der Waals surface area contributed by atoms with Crippen LogP contribution in [-0.4, -0.2) is 36.9 Å². The van der Waals surface area contributed by atoms with Crippen molar-refractivity contribution in [3.05, 3.63) is 45.7 Å². The van der Waals surface area contributed by atoms with Crippen LogP contribution in [0.15, 0.2) is 23.7 Å². The van der Waals surface area contributed by atoms with Crippen molar-refractivity contribution in [2.75, 3.05) is 6.54 Å². The first-order valence-corrected chi connectivity index (χ1v) is 7.63. The quantitative estimate of drug-likeness (QED) is 0.686. The van der Waals surface area contributed by atoms with Crippen LogP contribution in [0.1, 0.15) is 26.8 Å². The van der Waals surface area contributed by atoms with Gasteiger partial charge in [0.2, 0.25) is 5.82 Å². The number of nitrogens with zero attached hydrogens (tertiary/aromatic N) is 5. The predicted molar refractivity (Wildman–Crippen MR) is 78.3 cm³/mol. The number of aromatic nitrogens is 4. The van der Waals surface area contributed by atoms with Crippen molar-refractivity contribution >= 4 is 23.0 Å².